The number of thiophene rings is 1. The lowest BCUT2D eigenvalue weighted by atomic mass is 10.3. The van der Waals surface area contributed by atoms with Gasteiger partial charge in [-0.1, -0.05) is 18.2 Å². The second-order valence-electron chi connectivity index (χ2n) is 3.91. The third kappa shape index (κ3) is 3.68. The summed E-state index contributed by atoms with van der Waals surface area (Å²) in [6, 6.07) is 12.3. The normalized spacial score (nSPS) is 10.1. The molecule has 0 unspecified atom stereocenters. The van der Waals surface area contributed by atoms with Gasteiger partial charge in [0.05, 0.1) is 11.5 Å². The highest BCUT2D eigenvalue weighted by Gasteiger charge is 2.14. The number of Topliss-reactive ketones (excluding diaryl/α,β-unsaturated/α-hetero) is 1. The Balaban J connectivity index is 1.94. The van der Waals surface area contributed by atoms with Crippen LogP contribution in [-0.2, 0) is 4.74 Å². The molecule has 0 aliphatic carbocycles. The van der Waals surface area contributed by atoms with E-state index in [-0.39, 0.29) is 12.4 Å². The molecule has 0 amide bonds. The van der Waals surface area contributed by atoms with Crippen molar-refractivity contribution in [3.05, 3.63) is 52.2 Å². The van der Waals surface area contributed by atoms with Crippen molar-refractivity contribution >= 4 is 23.1 Å². The van der Waals surface area contributed by atoms with Gasteiger partial charge in [0.1, 0.15) is 10.6 Å². The number of para-hydroxylation sites is 1. The first-order chi connectivity index (χ1) is 9.70. The molecule has 0 radical (unpaired) electrons. The molecule has 0 aliphatic heterocycles. The van der Waals surface area contributed by atoms with Crippen LogP contribution in [0.4, 0.5) is 0 Å². The topological polar surface area (TPSA) is 52.6 Å². The number of hydrogen-bond acceptors (Lipinski definition) is 5. The van der Waals surface area contributed by atoms with Gasteiger partial charge in [-0.05, 0) is 31.2 Å². The molecule has 1 aromatic carbocycles. The first kappa shape index (κ1) is 14.3. The summed E-state index contributed by atoms with van der Waals surface area (Å²) < 4.78 is 10.3. The molecule has 1 aromatic heterocycles. The third-order valence-electron chi connectivity index (χ3n) is 2.47. The summed E-state index contributed by atoms with van der Waals surface area (Å²) >= 11 is 1.12. The molecule has 104 valence electrons. The Labute approximate surface area is 121 Å². The predicted octanol–water partition coefficient (Wildman–Crippen LogP) is 3.19. The standard InChI is InChI=1S/C15H14O4S/c1-2-18-15(17)14-9-8-13(20-14)12(16)10-19-11-6-4-3-5-7-11/h3-9H,2,10H2,1H3. The quantitative estimate of drug-likeness (QED) is 0.605. The second-order valence-corrected chi connectivity index (χ2v) is 4.99. The fraction of sp³-hybridized carbons (Fsp3) is 0.200. The summed E-state index contributed by atoms with van der Waals surface area (Å²) in [6.07, 6.45) is 0. The largest absolute Gasteiger partial charge is 0.485 e. The minimum Gasteiger partial charge on any atom is -0.485 e. The maximum atomic E-state index is 11.9. The van der Waals surface area contributed by atoms with Crippen LogP contribution in [-0.4, -0.2) is 25.0 Å². The molecule has 0 N–H and O–H groups in total. The molecular formula is C15H14O4S. The van der Waals surface area contributed by atoms with E-state index in [1.54, 1.807) is 31.2 Å². The van der Waals surface area contributed by atoms with Crippen LogP contribution in [0, 0.1) is 0 Å². The lowest BCUT2D eigenvalue weighted by Gasteiger charge is -2.03. The van der Waals surface area contributed by atoms with Crippen LogP contribution < -0.4 is 4.74 Å². The Morgan fingerprint density at radius 2 is 1.75 bits per heavy atom. The maximum Gasteiger partial charge on any atom is 0.348 e. The molecule has 20 heavy (non-hydrogen) atoms. The van der Waals surface area contributed by atoms with E-state index in [0.29, 0.717) is 22.1 Å². The molecule has 0 saturated carbocycles. The van der Waals surface area contributed by atoms with Crippen molar-refractivity contribution in [1.82, 2.24) is 0 Å². The monoisotopic (exact) mass is 290 g/mol. The first-order valence-electron chi connectivity index (χ1n) is 6.18. The van der Waals surface area contributed by atoms with Gasteiger partial charge in [-0.3, -0.25) is 4.79 Å². The van der Waals surface area contributed by atoms with E-state index in [9.17, 15) is 9.59 Å². The van der Waals surface area contributed by atoms with E-state index in [4.69, 9.17) is 9.47 Å². The van der Waals surface area contributed by atoms with Gasteiger partial charge >= 0.3 is 5.97 Å². The molecule has 0 bridgehead atoms. The van der Waals surface area contributed by atoms with E-state index >= 15 is 0 Å². The van der Waals surface area contributed by atoms with Crippen LogP contribution in [0.25, 0.3) is 0 Å². The smallest absolute Gasteiger partial charge is 0.348 e. The van der Waals surface area contributed by atoms with E-state index in [1.165, 1.54) is 0 Å². The van der Waals surface area contributed by atoms with Crippen LogP contribution in [0.1, 0.15) is 26.3 Å². The molecule has 2 rings (SSSR count). The van der Waals surface area contributed by atoms with Gasteiger partial charge in [0.2, 0.25) is 5.78 Å². The zero-order valence-electron chi connectivity index (χ0n) is 11.0. The van der Waals surface area contributed by atoms with E-state index in [1.807, 2.05) is 18.2 Å². The molecule has 1 heterocycles. The number of carbonyl (C=O) groups excluding carboxylic acids is 2. The summed E-state index contributed by atoms with van der Waals surface area (Å²) in [5, 5.41) is 0. The summed E-state index contributed by atoms with van der Waals surface area (Å²) in [7, 11) is 0. The molecule has 0 saturated heterocycles. The minimum atomic E-state index is -0.402. The van der Waals surface area contributed by atoms with Crippen LogP contribution in [0.15, 0.2) is 42.5 Å². The molecule has 0 atom stereocenters. The van der Waals surface area contributed by atoms with Crippen molar-refractivity contribution < 1.29 is 19.1 Å². The number of ether oxygens (including phenoxy) is 2. The highest BCUT2D eigenvalue weighted by atomic mass is 32.1. The Kier molecular flexibility index (Phi) is 4.90. The second kappa shape index (κ2) is 6.86. The molecule has 0 aliphatic rings. The van der Waals surface area contributed by atoms with Gasteiger partial charge in [-0.15, -0.1) is 11.3 Å². The Hall–Kier alpha value is -2.14. The Morgan fingerprint density at radius 1 is 1.05 bits per heavy atom. The summed E-state index contributed by atoms with van der Waals surface area (Å²) in [6.45, 7) is 2.01. The molecule has 0 spiro atoms. The lowest BCUT2D eigenvalue weighted by molar-refractivity contribution is 0.0532. The molecule has 2 aromatic rings. The van der Waals surface area contributed by atoms with Crippen molar-refractivity contribution in [2.24, 2.45) is 0 Å². The zero-order chi connectivity index (χ0) is 14.4. The maximum absolute atomic E-state index is 11.9. The Bertz CT molecular complexity index is 589. The third-order valence-corrected chi connectivity index (χ3v) is 3.58. The SMILES string of the molecule is CCOC(=O)c1ccc(C(=O)COc2ccccc2)s1. The lowest BCUT2D eigenvalue weighted by Crippen LogP contribution is -2.10. The summed E-state index contributed by atoms with van der Waals surface area (Å²) in [5.41, 5.74) is 0. The average Bonchev–Trinajstić information content (AvgIpc) is 2.96. The number of ketones is 1. The molecule has 0 fully saturated rings. The van der Waals surface area contributed by atoms with Gasteiger partial charge in [-0.2, -0.15) is 0 Å². The average molecular weight is 290 g/mol. The summed E-state index contributed by atoms with van der Waals surface area (Å²) in [5.74, 6) is 0.0814. The van der Waals surface area contributed by atoms with Crippen molar-refractivity contribution in [3.63, 3.8) is 0 Å². The van der Waals surface area contributed by atoms with E-state index < -0.39 is 5.97 Å². The van der Waals surface area contributed by atoms with Gasteiger partial charge in [0.15, 0.2) is 6.61 Å². The summed E-state index contributed by atoms with van der Waals surface area (Å²) in [4.78, 5) is 24.4. The first-order valence-corrected chi connectivity index (χ1v) is 7.00. The van der Waals surface area contributed by atoms with E-state index in [2.05, 4.69) is 0 Å². The van der Waals surface area contributed by atoms with Gasteiger partial charge in [-0.25, -0.2) is 4.79 Å². The van der Waals surface area contributed by atoms with Crippen LogP contribution >= 0.6 is 11.3 Å². The van der Waals surface area contributed by atoms with Crippen LogP contribution in [0.2, 0.25) is 0 Å². The molecule has 5 heteroatoms. The van der Waals surface area contributed by atoms with Gasteiger partial charge in [0.25, 0.3) is 0 Å². The van der Waals surface area contributed by atoms with Crippen molar-refractivity contribution in [2.45, 2.75) is 6.92 Å². The predicted molar refractivity (Wildman–Crippen MR) is 76.5 cm³/mol. The fourth-order valence-electron chi connectivity index (χ4n) is 1.54. The van der Waals surface area contributed by atoms with Gasteiger partial charge in [0, 0.05) is 0 Å². The zero-order valence-corrected chi connectivity index (χ0v) is 11.8. The van der Waals surface area contributed by atoms with Crippen LogP contribution in [0.3, 0.4) is 0 Å². The molecule has 4 nitrogen and oxygen atoms in total. The Morgan fingerprint density at radius 3 is 2.45 bits per heavy atom. The highest BCUT2D eigenvalue weighted by Crippen LogP contribution is 2.18. The van der Waals surface area contributed by atoms with E-state index in [0.717, 1.165) is 11.3 Å². The number of benzene rings is 1. The van der Waals surface area contributed by atoms with Gasteiger partial charge < -0.3 is 9.47 Å². The fourth-order valence-corrected chi connectivity index (χ4v) is 2.36. The number of esters is 1. The van der Waals surface area contributed by atoms with Crippen molar-refractivity contribution in [2.75, 3.05) is 13.2 Å². The minimum absolute atomic E-state index is 0.0488. The van der Waals surface area contributed by atoms with Crippen LogP contribution in [0.5, 0.6) is 5.75 Å². The number of rotatable bonds is 6. The van der Waals surface area contributed by atoms with Crippen molar-refractivity contribution in [1.29, 1.82) is 0 Å². The number of carbonyl (C=O) groups is 2. The molecular weight excluding hydrogens is 276 g/mol. The van der Waals surface area contributed by atoms with Crippen molar-refractivity contribution in [3.8, 4) is 5.75 Å². The number of hydrogen-bond donors (Lipinski definition) is 0. The highest BCUT2D eigenvalue weighted by molar-refractivity contribution is 7.15.